The number of carbonyl (C=O) groups is 3. The molecule has 1 aliphatic rings. The fourth-order valence-corrected chi connectivity index (χ4v) is 3.87. The fourth-order valence-electron chi connectivity index (χ4n) is 3.87. The molecule has 1 atom stereocenters. The maximum absolute atomic E-state index is 13.1. The van der Waals surface area contributed by atoms with Crippen LogP contribution in [0.3, 0.4) is 0 Å². The molecule has 8 heteroatoms. The molecule has 0 aliphatic carbocycles. The molecular weight excluding hydrogens is 458 g/mol. The molecule has 0 spiro atoms. The number of anilines is 1. The molecule has 186 valence electrons. The minimum Gasteiger partial charge on any atom is -0.454 e. The first-order valence-electron chi connectivity index (χ1n) is 11.8. The van der Waals surface area contributed by atoms with Gasteiger partial charge in [-0.3, -0.25) is 14.4 Å². The van der Waals surface area contributed by atoms with Gasteiger partial charge < -0.3 is 25.4 Å². The Morgan fingerprint density at radius 3 is 2.36 bits per heavy atom. The summed E-state index contributed by atoms with van der Waals surface area (Å²) in [5.74, 6) is 0.193. The van der Waals surface area contributed by atoms with E-state index in [0.717, 1.165) is 11.1 Å². The van der Waals surface area contributed by atoms with E-state index in [2.05, 4.69) is 16.0 Å². The molecule has 3 amide bonds. The Morgan fingerprint density at radius 2 is 1.58 bits per heavy atom. The number of para-hydroxylation sites is 1. The van der Waals surface area contributed by atoms with Crippen LogP contribution in [0.1, 0.15) is 35.3 Å². The molecule has 3 aromatic rings. The van der Waals surface area contributed by atoms with Gasteiger partial charge in [-0.15, -0.1) is 0 Å². The van der Waals surface area contributed by atoms with Gasteiger partial charge >= 0.3 is 0 Å². The van der Waals surface area contributed by atoms with Gasteiger partial charge in [-0.1, -0.05) is 62.4 Å². The summed E-state index contributed by atoms with van der Waals surface area (Å²) in [6, 6.07) is 20.8. The summed E-state index contributed by atoms with van der Waals surface area (Å²) in [4.78, 5) is 38.6. The first kappa shape index (κ1) is 24.8. The van der Waals surface area contributed by atoms with Gasteiger partial charge in [-0.05, 0) is 41.3 Å². The lowest BCUT2D eigenvalue weighted by Crippen LogP contribution is -2.47. The molecule has 0 fully saturated rings. The van der Waals surface area contributed by atoms with Gasteiger partial charge in [0.15, 0.2) is 11.5 Å². The van der Waals surface area contributed by atoms with Gasteiger partial charge in [0.1, 0.15) is 6.04 Å². The molecule has 1 heterocycles. The van der Waals surface area contributed by atoms with Crippen molar-refractivity contribution in [1.82, 2.24) is 10.6 Å². The fraction of sp³-hybridized carbons (Fsp3) is 0.250. The summed E-state index contributed by atoms with van der Waals surface area (Å²) in [5.41, 5.74) is 2.41. The first-order chi connectivity index (χ1) is 17.4. The normalized spacial score (nSPS) is 12.6. The molecule has 0 saturated heterocycles. The zero-order valence-corrected chi connectivity index (χ0v) is 20.2. The molecule has 8 nitrogen and oxygen atoms in total. The highest BCUT2D eigenvalue weighted by atomic mass is 16.7. The number of hydrogen-bond donors (Lipinski definition) is 3. The molecule has 3 aromatic carbocycles. The lowest BCUT2D eigenvalue weighted by atomic mass is 10.0. The summed E-state index contributed by atoms with van der Waals surface area (Å²) in [6.45, 7) is 4.18. The molecule has 0 saturated carbocycles. The molecule has 1 unspecified atom stereocenters. The second kappa shape index (κ2) is 11.4. The quantitative estimate of drug-likeness (QED) is 0.427. The topological polar surface area (TPSA) is 106 Å². The Kier molecular flexibility index (Phi) is 7.85. The van der Waals surface area contributed by atoms with Crippen molar-refractivity contribution in [2.75, 3.05) is 12.1 Å². The zero-order valence-electron chi connectivity index (χ0n) is 20.2. The largest absolute Gasteiger partial charge is 0.454 e. The summed E-state index contributed by atoms with van der Waals surface area (Å²) in [6.07, 6.45) is 0.177. The van der Waals surface area contributed by atoms with E-state index in [1.807, 2.05) is 56.3 Å². The molecule has 36 heavy (non-hydrogen) atoms. The van der Waals surface area contributed by atoms with Gasteiger partial charge in [-0.2, -0.15) is 0 Å². The highest BCUT2D eigenvalue weighted by Gasteiger charge is 2.25. The maximum Gasteiger partial charge on any atom is 0.253 e. The Labute approximate surface area is 210 Å². The van der Waals surface area contributed by atoms with E-state index in [9.17, 15) is 14.4 Å². The third-order valence-electron chi connectivity index (χ3n) is 5.79. The van der Waals surface area contributed by atoms with E-state index in [0.29, 0.717) is 22.7 Å². The molecule has 1 aliphatic heterocycles. The molecule has 0 bridgehead atoms. The van der Waals surface area contributed by atoms with Crippen molar-refractivity contribution in [3.05, 3.63) is 89.5 Å². The standard InChI is InChI=1S/C28H29N3O5/c1-18(2)26(31-25(32)15-19-8-4-3-5-9-19)28(34)30-22-11-7-6-10-21(22)27(33)29-16-20-12-13-23-24(14-20)36-17-35-23/h3-14,18,26H,15-17H2,1-2H3,(H,29,33)(H,30,34)(H,31,32). The minimum atomic E-state index is -0.758. The van der Waals surface area contributed by atoms with Crippen LogP contribution >= 0.6 is 0 Å². The van der Waals surface area contributed by atoms with Crippen molar-refractivity contribution < 1.29 is 23.9 Å². The molecular formula is C28H29N3O5. The Balaban J connectivity index is 1.39. The van der Waals surface area contributed by atoms with Crippen LogP contribution in [0.4, 0.5) is 5.69 Å². The predicted octanol–water partition coefficient (Wildman–Crippen LogP) is 3.67. The van der Waals surface area contributed by atoms with Crippen LogP contribution in [0.15, 0.2) is 72.8 Å². The summed E-state index contributed by atoms with van der Waals surface area (Å²) in [5, 5.41) is 8.53. The average Bonchev–Trinajstić information content (AvgIpc) is 3.34. The highest BCUT2D eigenvalue weighted by molar-refractivity contribution is 6.05. The Morgan fingerprint density at radius 1 is 0.861 bits per heavy atom. The average molecular weight is 488 g/mol. The predicted molar refractivity (Wildman–Crippen MR) is 136 cm³/mol. The highest BCUT2D eigenvalue weighted by Crippen LogP contribution is 2.32. The van der Waals surface area contributed by atoms with Crippen molar-refractivity contribution >= 4 is 23.4 Å². The molecule has 0 aromatic heterocycles. The van der Waals surface area contributed by atoms with Gasteiger partial charge in [0.2, 0.25) is 18.6 Å². The van der Waals surface area contributed by atoms with Crippen molar-refractivity contribution in [2.45, 2.75) is 32.9 Å². The van der Waals surface area contributed by atoms with Crippen molar-refractivity contribution in [1.29, 1.82) is 0 Å². The number of fused-ring (bicyclic) bond motifs is 1. The Hall–Kier alpha value is -4.33. The van der Waals surface area contributed by atoms with Gasteiger partial charge in [-0.25, -0.2) is 0 Å². The van der Waals surface area contributed by atoms with E-state index in [1.54, 1.807) is 30.3 Å². The Bertz CT molecular complexity index is 1240. The lowest BCUT2D eigenvalue weighted by Gasteiger charge is -2.22. The summed E-state index contributed by atoms with van der Waals surface area (Å²) < 4.78 is 10.7. The van der Waals surface area contributed by atoms with Crippen molar-refractivity contribution in [3.63, 3.8) is 0 Å². The third kappa shape index (κ3) is 6.21. The lowest BCUT2D eigenvalue weighted by molar-refractivity contribution is -0.127. The van der Waals surface area contributed by atoms with Crippen LogP contribution < -0.4 is 25.4 Å². The van der Waals surface area contributed by atoms with E-state index >= 15 is 0 Å². The number of carbonyl (C=O) groups excluding carboxylic acids is 3. The molecule has 3 N–H and O–H groups in total. The van der Waals surface area contributed by atoms with Crippen LogP contribution in [0, 0.1) is 5.92 Å². The zero-order chi connectivity index (χ0) is 25.5. The first-order valence-corrected chi connectivity index (χ1v) is 11.8. The van der Waals surface area contributed by atoms with Gasteiger partial charge in [0, 0.05) is 6.54 Å². The second-order valence-corrected chi connectivity index (χ2v) is 8.86. The van der Waals surface area contributed by atoms with E-state index in [4.69, 9.17) is 9.47 Å². The van der Waals surface area contributed by atoms with Crippen molar-refractivity contribution in [3.8, 4) is 11.5 Å². The maximum atomic E-state index is 13.1. The van der Waals surface area contributed by atoms with E-state index in [1.165, 1.54) is 0 Å². The SMILES string of the molecule is CC(C)C(NC(=O)Cc1ccccc1)C(=O)Nc1ccccc1C(=O)NCc1ccc2c(c1)OCO2. The van der Waals surface area contributed by atoms with Crippen LogP contribution in [0.25, 0.3) is 0 Å². The van der Waals surface area contributed by atoms with Crippen LogP contribution in [-0.4, -0.2) is 30.6 Å². The van der Waals surface area contributed by atoms with Crippen LogP contribution in [0.2, 0.25) is 0 Å². The van der Waals surface area contributed by atoms with Crippen LogP contribution in [-0.2, 0) is 22.6 Å². The number of amides is 3. The number of benzene rings is 3. The molecule has 4 rings (SSSR count). The third-order valence-corrected chi connectivity index (χ3v) is 5.79. The van der Waals surface area contributed by atoms with Crippen molar-refractivity contribution in [2.24, 2.45) is 5.92 Å². The number of ether oxygens (including phenoxy) is 2. The summed E-state index contributed by atoms with van der Waals surface area (Å²) >= 11 is 0. The number of rotatable bonds is 9. The van der Waals surface area contributed by atoms with Gasteiger partial charge in [0.25, 0.3) is 5.91 Å². The van der Waals surface area contributed by atoms with Crippen LogP contribution in [0.5, 0.6) is 11.5 Å². The smallest absolute Gasteiger partial charge is 0.253 e. The van der Waals surface area contributed by atoms with E-state index < -0.39 is 6.04 Å². The minimum absolute atomic E-state index is 0.156. The summed E-state index contributed by atoms with van der Waals surface area (Å²) in [7, 11) is 0. The monoisotopic (exact) mass is 487 g/mol. The number of nitrogens with one attached hydrogen (secondary N) is 3. The van der Waals surface area contributed by atoms with Gasteiger partial charge in [0.05, 0.1) is 17.7 Å². The van der Waals surface area contributed by atoms with E-state index in [-0.39, 0.29) is 43.4 Å². The molecule has 0 radical (unpaired) electrons. The second-order valence-electron chi connectivity index (χ2n) is 8.86. The number of hydrogen-bond acceptors (Lipinski definition) is 5.